The Balaban J connectivity index is 1.62. The molecular weight excluding hydrogens is 428 g/mol. The molecule has 0 bridgehead atoms. The average Bonchev–Trinajstić information content (AvgIpc) is 3.40. The second-order valence-electron chi connectivity index (χ2n) is 5.39. The zero-order valence-corrected chi connectivity index (χ0v) is 16.6. The lowest BCUT2D eigenvalue weighted by Crippen LogP contribution is -1.80. The topological polar surface area (TPSA) is 49.8 Å². The van der Waals surface area contributed by atoms with Gasteiger partial charge in [0.25, 0.3) is 0 Å². The van der Waals surface area contributed by atoms with Gasteiger partial charge in [-0.3, -0.25) is 0 Å². The summed E-state index contributed by atoms with van der Waals surface area (Å²) in [6.07, 6.45) is 1.74. The average molecular weight is 439 g/mol. The van der Waals surface area contributed by atoms with Gasteiger partial charge in [-0.1, -0.05) is 34.1 Å². The molecule has 3 aromatic heterocycles. The van der Waals surface area contributed by atoms with Gasteiger partial charge in [-0.25, -0.2) is 4.98 Å². The summed E-state index contributed by atoms with van der Waals surface area (Å²) in [7, 11) is 0. The van der Waals surface area contributed by atoms with Crippen molar-refractivity contribution >= 4 is 50.3 Å². The lowest BCUT2D eigenvalue weighted by Gasteiger charge is -1.97. The Morgan fingerprint density at radius 2 is 1.96 bits per heavy atom. The number of furan rings is 1. The number of hydrogen-bond acceptors (Lipinski definition) is 5. The number of thiophene rings is 1. The molecule has 26 heavy (non-hydrogen) atoms. The van der Waals surface area contributed by atoms with E-state index in [1.807, 2.05) is 59.3 Å². The Kier molecular flexibility index (Phi) is 4.85. The van der Waals surface area contributed by atoms with Crippen molar-refractivity contribution in [2.75, 3.05) is 0 Å². The third-order valence-electron chi connectivity index (χ3n) is 3.67. The van der Waals surface area contributed by atoms with Crippen molar-refractivity contribution in [2.45, 2.75) is 0 Å². The van der Waals surface area contributed by atoms with Crippen LogP contribution in [0.3, 0.4) is 0 Å². The van der Waals surface area contributed by atoms with E-state index in [0.29, 0.717) is 16.3 Å². The van der Waals surface area contributed by atoms with Gasteiger partial charge in [-0.2, -0.15) is 5.26 Å². The smallest absolute Gasteiger partial charge is 0.134 e. The summed E-state index contributed by atoms with van der Waals surface area (Å²) in [5.74, 6) is 1.40. The molecule has 0 aliphatic rings. The maximum Gasteiger partial charge on any atom is 0.134 e. The number of hydrogen-bond donors (Lipinski definition) is 0. The van der Waals surface area contributed by atoms with Crippen molar-refractivity contribution in [2.24, 2.45) is 0 Å². The fourth-order valence-corrected chi connectivity index (χ4v) is 4.23. The number of thiazole rings is 1. The van der Waals surface area contributed by atoms with Crippen LogP contribution >= 0.6 is 38.6 Å². The molecule has 0 saturated carbocycles. The monoisotopic (exact) mass is 438 g/mol. The van der Waals surface area contributed by atoms with Crippen molar-refractivity contribution in [3.63, 3.8) is 0 Å². The van der Waals surface area contributed by atoms with E-state index < -0.39 is 0 Å². The lowest BCUT2D eigenvalue weighted by atomic mass is 10.2. The van der Waals surface area contributed by atoms with Gasteiger partial charge < -0.3 is 4.42 Å². The molecule has 3 heterocycles. The quantitative estimate of drug-likeness (QED) is 0.323. The first-order valence-corrected chi connectivity index (χ1v) is 10.3. The van der Waals surface area contributed by atoms with E-state index in [1.165, 1.54) is 11.3 Å². The third kappa shape index (κ3) is 3.56. The fourth-order valence-electron chi connectivity index (χ4n) is 2.42. The Labute approximate surface area is 167 Å². The van der Waals surface area contributed by atoms with Gasteiger partial charge in [-0.05, 0) is 35.7 Å². The second kappa shape index (κ2) is 7.42. The number of nitrogens with zero attached hydrogens (tertiary/aromatic N) is 2. The standard InChI is InChI=1S/C20H11BrN2OS2/c21-15-5-3-13(4-6-15)18-8-7-16(24-18)10-14(11-22)20-23-17(12-26-20)19-2-1-9-25-19/h1-10,12H. The summed E-state index contributed by atoms with van der Waals surface area (Å²) in [6, 6.07) is 17.9. The summed E-state index contributed by atoms with van der Waals surface area (Å²) in [6.45, 7) is 0. The molecule has 4 aromatic rings. The maximum atomic E-state index is 9.54. The summed E-state index contributed by atoms with van der Waals surface area (Å²) >= 11 is 6.52. The van der Waals surface area contributed by atoms with Crippen LogP contribution in [0.1, 0.15) is 10.8 Å². The van der Waals surface area contributed by atoms with Crippen LogP contribution in [0.4, 0.5) is 0 Å². The molecule has 126 valence electrons. The highest BCUT2D eigenvalue weighted by atomic mass is 79.9. The first kappa shape index (κ1) is 17.0. The van der Waals surface area contributed by atoms with Crippen molar-refractivity contribution in [3.05, 3.63) is 74.5 Å². The van der Waals surface area contributed by atoms with E-state index in [2.05, 4.69) is 27.0 Å². The summed E-state index contributed by atoms with van der Waals surface area (Å²) in [5.41, 5.74) is 2.38. The molecule has 3 nitrogen and oxygen atoms in total. The molecule has 4 rings (SSSR count). The molecule has 6 heteroatoms. The molecule has 0 fully saturated rings. The minimum Gasteiger partial charge on any atom is -0.457 e. The minimum absolute atomic E-state index is 0.495. The van der Waals surface area contributed by atoms with E-state index in [4.69, 9.17) is 4.42 Å². The van der Waals surface area contributed by atoms with Crippen LogP contribution in [0, 0.1) is 11.3 Å². The van der Waals surface area contributed by atoms with Crippen LogP contribution in [0.15, 0.2) is 68.2 Å². The van der Waals surface area contributed by atoms with Gasteiger partial charge >= 0.3 is 0 Å². The summed E-state index contributed by atoms with van der Waals surface area (Å²) in [4.78, 5) is 5.68. The number of nitriles is 1. The van der Waals surface area contributed by atoms with Crippen molar-refractivity contribution < 1.29 is 4.42 Å². The van der Waals surface area contributed by atoms with Crippen LogP contribution in [-0.2, 0) is 0 Å². The lowest BCUT2D eigenvalue weighted by molar-refractivity contribution is 0.572. The highest BCUT2D eigenvalue weighted by Gasteiger charge is 2.11. The minimum atomic E-state index is 0.495. The molecule has 0 spiro atoms. The number of benzene rings is 1. The first-order valence-electron chi connectivity index (χ1n) is 7.70. The molecule has 0 N–H and O–H groups in total. The third-order valence-corrected chi connectivity index (χ3v) is 5.97. The maximum absolute atomic E-state index is 9.54. The highest BCUT2D eigenvalue weighted by molar-refractivity contribution is 9.10. The molecule has 0 saturated heterocycles. The number of allylic oxidation sites excluding steroid dienone is 1. The Hall–Kier alpha value is -2.46. The molecule has 0 atom stereocenters. The van der Waals surface area contributed by atoms with E-state index >= 15 is 0 Å². The summed E-state index contributed by atoms with van der Waals surface area (Å²) < 4.78 is 6.90. The van der Waals surface area contributed by atoms with E-state index in [-0.39, 0.29) is 0 Å². The van der Waals surface area contributed by atoms with Crippen LogP contribution in [-0.4, -0.2) is 4.98 Å². The number of rotatable bonds is 4. The second-order valence-corrected chi connectivity index (χ2v) is 8.12. The molecule has 1 aromatic carbocycles. The summed E-state index contributed by atoms with van der Waals surface area (Å²) in [5, 5.41) is 14.2. The van der Waals surface area contributed by atoms with E-state index in [9.17, 15) is 5.26 Å². The largest absolute Gasteiger partial charge is 0.457 e. The first-order chi connectivity index (χ1) is 12.7. The molecule has 0 aliphatic heterocycles. The molecule has 0 amide bonds. The van der Waals surface area contributed by atoms with Gasteiger partial charge in [0.1, 0.15) is 22.6 Å². The molecule has 0 radical (unpaired) electrons. The van der Waals surface area contributed by atoms with Crippen LogP contribution in [0.25, 0.3) is 33.5 Å². The molecular formula is C20H11BrN2OS2. The predicted octanol–water partition coefficient (Wildman–Crippen LogP) is 6.96. The van der Waals surface area contributed by atoms with E-state index in [1.54, 1.807) is 17.4 Å². The van der Waals surface area contributed by atoms with Gasteiger partial charge in [-0.15, -0.1) is 22.7 Å². The van der Waals surface area contributed by atoms with Crippen molar-refractivity contribution in [1.29, 1.82) is 5.26 Å². The van der Waals surface area contributed by atoms with E-state index in [0.717, 1.165) is 26.4 Å². The van der Waals surface area contributed by atoms with Crippen LogP contribution in [0.2, 0.25) is 0 Å². The zero-order valence-electron chi connectivity index (χ0n) is 13.3. The van der Waals surface area contributed by atoms with Crippen LogP contribution in [0.5, 0.6) is 0 Å². The highest BCUT2D eigenvalue weighted by Crippen LogP contribution is 2.31. The van der Waals surface area contributed by atoms with Crippen LogP contribution < -0.4 is 0 Å². The fraction of sp³-hybridized carbons (Fsp3) is 0. The van der Waals surface area contributed by atoms with Gasteiger partial charge in [0.05, 0.1) is 16.1 Å². The molecule has 0 unspecified atom stereocenters. The van der Waals surface area contributed by atoms with Gasteiger partial charge in [0, 0.05) is 21.5 Å². The Morgan fingerprint density at radius 3 is 2.69 bits per heavy atom. The Morgan fingerprint density at radius 1 is 1.12 bits per heavy atom. The van der Waals surface area contributed by atoms with Crippen molar-refractivity contribution in [1.82, 2.24) is 4.98 Å². The number of halogens is 1. The normalized spacial score (nSPS) is 11.5. The zero-order chi connectivity index (χ0) is 17.9. The Bertz CT molecular complexity index is 1100. The predicted molar refractivity (Wildman–Crippen MR) is 111 cm³/mol. The molecule has 0 aliphatic carbocycles. The van der Waals surface area contributed by atoms with Crippen molar-refractivity contribution in [3.8, 4) is 28.0 Å². The van der Waals surface area contributed by atoms with Gasteiger partial charge in [0.2, 0.25) is 0 Å². The number of aromatic nitrogens is 1. The SMILES string of the molecule is N#CC(=Cc1ccc(-c2ccc(Br)cc2)o1)c1nc(-c2cccs2)cs1. The van der Waals surface area contributed by atoms with Gasteiger partial charge in [0.15, 0.2) is 0 Å².